The van der Waals surface area contributed by atoms with Crippen molar-refractivity contribution < 1.29 is 23.5 Å². The Hall–Kier alpha value is -4.40. The van der Waals surface area contributed by atoms with Crippen LogP contribution >= 0.6 is 0 Å². The Kier molecular flexibility index (Phi) is 7.37. The summed E-state index contributed by atoms with van der Waals surface area (Å²) in [5.74, 6) is -0.605. The number of hydrogen-bond donors (Lipinski definition) is 3. The number of benzene rings is 2. The summed E-state index contributed by atoms with van der Waals surface area (Å²) in [5, 5.41) is 8.85. The molecule has 2 aromatic carbocycles. The molecule has 0 bridgehead atoms. The number of para-hydroxylation sites is 1. The van der Waals surface area contributed by atoms with Gasteiger partial charge in [0.15, 0.2) is 0 Å². The third kappa shape index (κ3) is 6.05. The van der Waals surface area contributed by atoms with Gasteiger partial charge >= 0.3 is 11.8 Å². The van der Waals surface area contributed by atoms with E-state index in [0.29, 0.717) is 29.6 Å². The fraction of sp³-hybridized carbons (Fsp3) is 0.130. The molecule has 3 rings (SSSR count). The first kappa shape index (κ1) is 22.3. The minimum absolute atomic E-state index is 0.182. The lowest BCUT2D eigenvalue weighted by Gasteiger charge is -2.11. The summed E-state index contributed by atoms with van der Waals surface area (Å²) in [4.78, 5) is 36.9. The molecule has 3 N–H and O–H groups in total. The predicted octanol–water partition coefficient (Wildman–Crippen LogP) is 3.33. The molecule has 1 aromatic heterocycles. The lowest BCUT2D eigenvalue weighted by atomic mass is 10.1. The van der Waals surface area contributed by atoms with Gasteiger partial charge in [0, 0.05) is 5.69 Å². The van der Waals surface area contributed by atoms with Crippen molar-refractivity contribution in [1.82, 2.24) is 5.43 Å². The molecule has 9 nitrogen and oxygen atoms in total. The zero-order valence-electron chi connectivity index (χ0n) is 17.5. The molecule has 0 radical (unpaired) electrons. The standard InChI is InChI=1S/C23H22N4O5/c1-3-31-17-12-9-16(10-13-17)25-21(28)19-6-4-5-7-20(19)26-22(29)23(30)27-24-14-18-11-8-15(2)32-18/h4-14H,3H2,1-2H3,(H,25,28)(H,26,29)(H,27,30)/b24-14+. The van der Waals surface area contributed by atoms with Crippen LogP contribution in [0, 0.1) is 6.92 Å². The molecule has 3 aromatic rings. The van der Waals surface area contributed by atoms with E-state index in [0.717, 1.165) is 0 Å². The highest BCUT2D eigenvalue weighted by molar-refractivity contribution is 6.40. The van der Waals surface area contributed by atoms with Crippen LogP contribution in [0.4, 0.5) is 11.4 Å². The SMILES string of the molecule is CCOc1ccc(NC(=O)c2ccccc2NC(=O)C(=O)N/N=C/c2ccc(C)o2)cc1. The maximum atomic E-state index is 12.7. The summed E-state index contributed by atoms with van der Waals surface area (Å²) in [6.07, 6.45) is 1.27. The molecule has 1 heterocycles. The molecule has 0 aliphatic rings. The Morgan fingerprint density at radius 3 is 2.41 bits per heavy atom. The van der Waals surface area contributed by atoms with Crippen molar-refractivity contribution in [2.75, 3.05) is 17.2 Å². The topological polar surface area (TPSA) is 122 Å². The molecule has 164 valence electrons. The number of nitrogens with one attached hydrogen (secondary N) is 3. The van der Waals surface area contributed by atoms with E-state index < -0.39 is 17.7 Å². The van der Waals surface area contributed by atoms with Crippen LogP contribution in [0.2, 0.25) is 0 Å². The third-order valence-electron chi connectivity index (χ3n) is 4.17. The number of hydrogen-bond acceptors (Lipinski definition) is 6. The molecular formula is C23H22N4O5. The molecule has 9 heteroatoms. The first-order valence-electron chi connectivity index (χ1n) is 9.80. The average Bonchev–Trinajstić information content (AvgIpc) is 3.20. The number of hydrazone groups is 1. The van der Waals surface area contributed by atoms with Gasteiger partial charge in [0.25, 0.3) is 5.91 Å². The van der Waals surface area contributed by atoms with Crippen molar-refractivity contribution in [2.45, 2.75) is 13.8 Å². The van der Waals surface area contributed by atoms with Gasteiger partial charge in [-0.3, -0.25) is 14.4 Å². The smallest absolute Gasteiger partial charge is 0.329 e. The second kappa shape index (κ2) is 10.6. The summed E-state index contributed by atoms with van der Waals surface area (Å²) >= 11 is 0. The first-order chi connectivity index (χ1) is 15.5. The van der Waals surface area contributed by atoms with Gasteiger partial charge in [0.1, 0.15) is 17.3 Å². The summed E-state index contributed by atoms with van der Waals surface area (Å²) in [6.45, 7) is 4.19. The van der Waals surface area contributed by atoms with Crippen LogP contribution in [-0.2, 0) is 9.59 Å². The predicted molar refractivity (Wildman–Crippen MR) is 120 cm³/mol. The van der Waals surface area contributed by atoms with Crippen molar-refractivity contribution in [1.29, 1.82) is 0 Å². The highest BCUT2D eigenvalue weighted by Crippen LogP contribution is 2.19. The molecule has 0 fully saturated rings. The van der Waals surface area contributed by atoms with Gasteiger partial charge in [-0.15, -0.1) is 0 Å². The van der Waals surface area contributed by atoms with E-state index in [1.807, 2.05) is 6.92 Å². The normalized spacial score (nSPS) is 10.6. The van der Waals surface area contributed by atoms with Gasteiger partial charge in [0.05, 0.1) is 24.1 Å². The van der Waals surface area contributed by atoms with Crippen LogP contribution in [-0.4, -0.2) is 30.5 Å². The summed E-state index contributed by atoms with van der Waals surface area (Å²) in [5.41, 5.74) is 3.04. The quantitative estimate of drug-likeness (QED) is 0.299. The number of carbonyl (C=O) groups is 3. The van der Waals surface area contributed by atoms with Crippen molar-refractivity contribution in [3.05, 3.63) is 77.7 Å². The minimum Gasteiger partial charge on any atom is -0.494 e. The number of rotatable bonds is 7. The molecule has 0 atom stereocenters. The van der Waals surface area contributed by atoms with Gasteiger partial charge in [-0.05, 0) is 62.4 Å². The second-order valence-corrected chi connectivity index (χ2v) is 6.56. The Bertz CT molecular complexity index is 1140. The Balaban J connectivity index is 1.62. The molecule has 0 spiro atoms. The van der Waals surface area contributed by atoms with Crippen molar-refractivity contribution >= 4 is 35.3 Å². The number of nitrogens with zero attached hydrogens (tertiary/aromatic N) is 1. The van der Waals surface area contributed by atoms with E-state index in [9.17, 15) is 14.4 Å². The number of aryl methyl sites for hydroxylation is 1. The van der Waals surface area contributed by atoms with Crippen molar-refractivity contribution in [3.8, 4) is 5.75 Å². The number of amides is 3. The van der Waals surface area contributed by atoms with Gasteiger partial charge in [-0.1, -0.05) is 12.1 Å². The van der Waals surface area contributed by atoms with Gasteiger partial charge in [-0.25, -0.2) is 5.43 Å². The second-order valence-electron chi connectivity index (χ2n) is 6.56. The lowest BCUT2D eigenvalue weighted by molar-refractivity contribution is -0.136. The van der Waals surface area contributed by atoms with E-state index in [-0.39, 0.29) is 11.3 Å². The van der Waals surface area contributed by atoms with Crippen molar-refractivity contribution in [3.63, 3.8) is 0 Å². The van der Waals surface area contributed by atoms with Gasteiger partial charge in [0.2, 0.25) is 0 Å². The number of ether oxygens (including phenoxy) is 1. The number of anilines is 2. The average molecular weight is 434 g/mol. The number of furan rings is 1. The van der Waals surface area contributed by atoms with Crippen LogP contribution < -0.4 is 20.8 Å². The molecule has 3 amide bonds. The first-order valence-corrected chi connectivity index (χ1v) is 9.80. The van der Waals surface area contributed by atoms with Crippen LogP contribution in [0.1, 0.15) is 28.8 Å². The largest absolute Gasteiger partial charge is 0.494 e. The molecule has 0 aliphatic heterocycles. The summed E-state index contributed by atoms with van der Waals surface area (Å²) < 4.78 is 10.7. The minimum atomic E-state index is -0.994. The maximum absolute atomic E-state index is 12.7. The van der Waals surface area contributed by atoms with Crippen LogP contribution in [0.25, 0.3) is 0 Å². The number of carbonyl (C=O) groups excluding carboxylic acids is 3. The third-order valence-corrected chi connectivity index (χ3v) is 4.17. The van der Waals surface area contributed by atoms with Crippen LogP contribution in [0.3, 0.4) is 0 Å². The molecule has 32 heavy (non-hydrogen) atoms. The van der Waals surface area contributed by atoms with Gasteiger partial charge in [-0.2, -0.15) is 5.10 Å². The highest BCUT2D eigenvalue weighted by atomic mass is 16.5. The molecule has 0 saturated heterocycles. The van der Waals surface area contributed by atoms with Crippen LogP contribution in [0.15, 0.2) is 70.2 Å². The Morgan fingerprint density at radius 1 is 0.969 bits per heavy atom. The van der Waals surface area contributed by atoms with E-state index in [1.54, 1.807) is 55.5 Å². The zero-order valence-corrected chi connectivity index (χ0v) is 17.5. The molecule has 0 saturated carbocycles. The maximum Gasteiger partial charge on any atom is 0.329 e. The Morgan fingerprint density at radius 2 is 1.72 bits per heavy atom. The van der Waals surface area contributed by atoms with Crippen LogP contribution in [0.5, 0.6) is 5.75 Å². The van der Waals surface area contributed by atoms with E-state index in [2.05, 4.69) is 21.2 Å². The molecular weight excluding hydrogens is 412 g/mol. The fourth-order valence-corrected chi connectivity index (χ4v) is 2.70. The van der Waals surface area contributed by atoms with Gasteiger partial charge < -0.3 is 19.8 Å². The van der Waals surface area contributed by atoms with E-state index >= 15 is 0 Å². The Labute approximate surface area is 184 Å². The van der Waals surface area contributed by atoms with Crippen molar-refractivity contribution in [2.24, 2.45) is 5.10 Å². The monoisotopic (exact) mass is 434 g/mol. The van der Waals surface area contributed by atoms with E-state index in [4.69, 9.17) is 9.15 Å². The zero-order chi connectivity index (χ0) is 22.9. The summed E-state index contributed by atoms with van der Waals surface area (Å²) in [6, 6.07) is 16.6. The van der Waals surface area contributed by atoms with E-state index in [1.165, 1.54) is 18.3 Å². The molecule has 0 unspecified atom stereocenters. The summed E-state index contributed by atoms with van der Waals surface area (Å²) in [7, 11) is 0. The highest BCUT2D eigenvalue weighted by Gasteiger charge is 2.18. The lowest BCUT2D eigenvalue weighted by Crippen LogP contribution is -2.33. The fourth-order valence-electron chi connectivity index (χ4n) is 2.70. The molecule has 0 aliphatic carbocycles.